The summed E-state index contributed by atoms with van der Waals surface area (Å²) in [6.07, 6.45) is -4.62. The molecule has 0 fully saturated rings. The summed E-state index contributed by atoms with van der Waals surface area (Å²) < 4.78 is 41.4. The second kappa shape index (κ2) is 5.52. The molecule has 0 bridgehead atoms. The highest BCUT2D eigenvalue weighted by molar-refractivity contribution is 5.75. The van der Waals surface area contributed by atoms with Crippen molar-refractivity contribution in [1.82, 2.24) is 9.97 Å². The maximum Gasteiger partial charge on any atom is 0.429 e. The molecule has 0 aliphatic rings. The number of hydrogen-bond acceptors (Lipinski definition) is 3. The lowest BCUT2D eigenvalue weighted by Crippen LogP contribution is -2.44. The zero-order valence-electron chi connectivity index (χ0n) is 12.7. The number of imidazole rings is 1. The van der Waals surface area contributed by atoms with Gasteiger partial charge >= 0.3 is 6.18 Å². The summed E-state index contributed by atoms with van der Waals surface area (Å²) in [6, 6.07) is 10.2. The van der Waals surface area contributed by atoms with E-state index in [1.54, 1.807) is 25.1 Å². The number of alkyl halides is 3. The molecule has 0 aliphatic heterocycles. The first-order valence-corrected chi connectivity index (χ1v) is 7.34. The Morgan fingerprint density at radius 2 is 1.83 bits per heavy atom. The standard InChI is InChI=1S/C17H15F3N2O2/c1-2-10-7-8-14(23)11(9-10)16(24,17(18,19)20)15-21-12-5-3-4-6-13(12)22-15/h3-9,23-24H,2H2,1H3,(H,21,22)/t16-/m1/s1. The number of halogens is 3. The minimum atomic E-state index is -5.08. The Morgan fingerprint density at radius 1 is 1.12 bits per heavy atom. The maximum absolute atomic E-state index is 13.8. The van der Waals surface area contributed by atoms with Crippen LogP contribution in [-0.2, 0) is 12.0 Å². The van der Waals surface area contributed by atoms with Crippen LogP contribution < -0.4 is 0 Å². The lowest BCUT2D eigenvalue weighted by atomic mass is 9.89. The average molecular weight is 336 g/mol. The average Bonchev–Trinajstić information content (AvgIpc) is 2.98. The van der Waals surface area contributed by atoms with E-state index in [9.17, 15) is 23.4 Å². The van der Waals surface area contributed by atoms with Crippen LogP contribution in [0.2, 0.25) is 0 Å². The van der Waals surface area contributed by atoms with Crippen molar-refractivity contribution < 1.29 is 23.4 Å². The minimum absolute atomic E-state index is 0.293. The van der Waals surface area contributed by atoms with E-state index in [-0.39, 0.29) is 0 Å². The lowest BCUT2D eigenvalue weighted by molar-refractivity contribution is -0.251. The molecule has 4 nitrogen and oxygen atoms in total. The molecule has 3 N–H and O–H groups in total. The summed E-state index contributed by atoms with van der Waals surface area (Å²) >= 11 is 0. The fourth-order valence-corrected chi connectivity index (χ4v) is 2.63. The molecule has 0 amide bonds. The van der Waals surface area contributed by atoms with Gasteiger partial charge in [-0.05, 0) is 36.2 Å². The number of benzene rings is 2. The van der Waals surface area contributed by atoms with Gasteiger partial charge in [-0.1, -0.05) is 25.1 Å². The lowest BCUT2D eigenvalue weighted by Gasteiger charge is -2.29. The Balaban J connectivity index is 2.29. The van der Waals surface area contributed by atoms with Crippen LogP contribution in [0.25, 0.3) is 11.0 Å². The van der Waals surface area contributed by atoms with E-state index in [4.69, 9.17) is 0 Å². The number of phenolic OH excluding ortho intramolecular Hbond substituents is 1. The number of hydrogen-bond donors (Lipinski definition) is 3. The van der Waals surface area contributed by atoms with Gasteiger partial charge in [0.15, 0.2) is 5.82 Å². The van der Waals surface area contributed by atoms with Gasteiger partial charge < -0.3 is 15.2 Å². The Kier molecular flexibility index (Phi) is 3.76. The summed E-state index contributed by atoms with van der Waals surface area (Å²) in [5.41, 5.74) is -2.88. The van der Waals surface area contributed by atoms with Crippen LogP contribution in [0.4, 0.5) is 13.2 Å². The number of aromatic nitrogens is 2. The van der Waals surface area contributed by atoms with Crippen molar-refractivity contribution in [3.05, 3.63) is 59.4 Å². The molecule has 24 heavy (non-hydrogen) atoms. The van der Waals surface area contributed by atoms with Crippen LogP contribution >= 0.6 is 0 Å². The quantitative estimate of drug-likeness (QED) is 0.684. The molecule has 1 aromatic heterocycles. The number of para-hydroxylation sites is 2. The molecule has 3 rings (SSSR count). The number of phenols is 1. The molecule has 0 aliphatic carbocycles. The number of fused-ring (bicyclic) bond motifs is 1. The highest BCUT2D eigenvalue weighted by Crippen LogP contribution is 2.46. The van der Waals surface area contributed by atoms with Crippen molar-refractivity contribution in [2.24, 2.45) is 0 Å². The van der Waals surface area contributed by atoms with Crippen molar-refractivity contribution in [2.45, 2.75) is 25.1 Å². The zero-order chi connectivity index (χ0) is 17.5. The largest absolute Gasteiger partial charge is 0.508 e. The van der Waals surface area contributed by atoms with E-state index in [1.807, 2.05) is 0 Å². The van der Waals surface area contributed by atoms with Gasteiger partial charge in [-0.25, -0.2) is 4.98 Å². The van der Waals surface area contributed by atoms with Crippen molar-refractivity contribution >= 4 is 11.0 Å². The molecular weight excluding hydrogens is 321 g/mol. The van der Waals surface area contributed by atoms with Gasteiger partial charge in [0.1, 0.15) is 5.75 Å². The van der Waals surface area contributed by atoms with Crippen LogP contribution in [0.3, 0.4) is 0 Å². The van der Waals surface area contributed by atoms with Crippen LogP contribution in [0.1, 0.15) is 23.9 Å². The molecule has 0 unspecified atom stereocenters. The van der Waals surface area contributed by atoms with E-state index in [1.165, 1.54) is 12.1 Å². The van der Waals surface area contributed by atoms with E-state index >= 15 is 0 Å². The molecule has 0 saturated carbocycles. The molecule has 0 saturated heterocycles. The molecular formula is C17H15F3N2O2. The van der Waals surface area contributed by atoms with Gasteiger partial charge in [-0.2, -0.15) is 13.2 Å². The third kappa shape index (κ3) is 2.41. The maximum atomic E-state index is 13.8. The van der Waals surface area contributed by atoms with Crippen molar-refractivity contribution in [2.75, 3.05) is 0 Å². The van der Waals surface area contributed by atoms with Crippen LogP contribution in [-0.4, -0.2) is 26.4 Å². The Hall–Kier alpha value is -2.54. The predicted octanol–water partition coefficient (Wildman–Crippen LogP) is 3.63. The molecule has 3 aromatic rings. The summed E-state index contributed by atoms with van der Waals surface area (Å²) in [7, 11) is 0. The fraction of sp³-hybridized carbons (Fsp3) is 0.235. The smallest absolute Gasteiger partial charge is 0.429 e. The van der Waals surface area contributed by atoms with Crippen molar-refractivity contribution in [3.8, 4) is 5.75 Å². The molecule has 126 valence electrons. The number of aryl methyl sites for hydroxylation is 1. The number of rotatable bonds is 3. The van der Waals surface area contributed by atoms with E-state index in [2.05, 4.69) is 9.97 Å². The van der Waals surface area contributed by atoms with E-state index in [0.29, 0.717) is 23.0 Å². The molecule has 1 heterocycles. The first-order chi connectivity index (χ1) is 11.3. The third-order valence-corrected chi connectivity index (χ3v) is 4.00. The number of H-pyrrole nitrogens is 1. The molecule has 2 aromatic carbocycles. The van der Waals surface area contributed by atoms with Gasteiger partial charge in [-0.15, -0.1) is 0 Å². The van der Waals surface area contributed by atoms with Crippen LogP contribution in [0, 0.1) is 0 Å². The van der Waals surface area contributed by atoms with E-state index in [0.717, 1.165) is 12.1 Å². The summed E-state index contributed by atoms with van der Waals surface area (Å²) in [6.45, 7) is 1.77. The summed E-state index contributed by atoms with van der Waals surface area (Å²) in [5, 5.41) is 20.6. The number of aromatic amines is 1. The molecule has 0 spiro atoms. The monoisotopic (exact) mass is 336 g/mol. The fourth-order valence-electron chi connectivity index (χ4n) is 2.63. The first-order valence-electron chi connectivity index (χ1n) is 7.34. The first kappa shape index (κ1) is 16.3. The zero-order valence-corrected chi connectivity index (χ0v) is 12.7. The van der Waals surface area contributed by atoms with Crippen molar-refractivity contribution in [1.29, 1.82) is 0 Å². The number of aliphatic hydroxyl groups is 1. The topological polar surface area (TPSA) is 69.1 Å². The van der Waals surface area contributed by atoms with Crippen LogP contribution in [0.15, 0.2) is 42.5 Å². The van der Waals surface area contributed by atoms with Crippen molar-refractivity contribution in [3.63, 3.8) is 0 Å². The number of aromatic hydroxyl groups is 1. The SMILES string of the molecule is CCc1ccc(O)c([C@@](O)(c2nc3ccccc3[nH]2)C(F)(F)F)c1. The van der Waals surface area contributed by atoms with Crippen LogP contribution in [0.5, 0.6) is 5.75 Å². The number of nitrogens with zero attached hydrogens (tertiary/aromatic N) is 1. The van der Waals surface area contributed by atoms with E-state index < -0.39 is 28.9 Å². The van der Waals surface area contributed by atoms with Gasteiger partial charge in [-0.3, -0.25) is 0 Å². The highest BCUT2D eigenvalue weighted by Gasteiger charge is 2.59. The Labute approximate surface area is 135 Å². The molecule has 0 radical (unpaired) electrons. The molecule has 1 atom stereocenters. The summed E-state index contributed by atoms with van der Waals surface area (Å²) in [4.78, 5) is 6.40. The van der Waals surface area contributed by atoms with Gasteiger partial charge in [0, 0.05) is 5.56 Å². The highest BCUT2D eigenvalue weighted by atomic mass is 19.4. The minimum Gasteiger partial charge on any atom is -0.508 e. The molecule has 7 heteroatoms. The Bertz CT molecular complexity index is 856. The Morgan fingerprint density at radius 3 is 2.46 bits per heavy atom. The summed E-state index contributed by atoms with van der Waals surface area (Å²) in [5.74, 6) is -1.33. The number of nitrogens with one attached hydrogen (secondary N) is 1. The van der Waals surface area contributed by atoms with Gasteiger partial charge in [0.05, 0.1) is 11.0 Å². The second-order valence-electron chi connectivity index (χ2n) is 5.52. The van der Waals surface area contributed by atoms with Gasteiger partial charge in [0.2, 0.25) is 5.60 Å². The van der Waals surface area contributed by atoms with Gasteiger partial charge in [0.25, 0.3) is 0 Å². The predicted molar refractivity (Wildman–Crippen MR) is 82.6 cm³/mol. The third-order valence-electron chi connectivity index (χ3n) is 4.00. The second-order valence-corrected chi connectivity index (χ2v) is 5.52. The normalized spacial score (nSPS) is 14.7.